The number of guanidine groups is 1. The lowest BCUT2D eigenvalue weighted by molar-refractivity contribution is 0.244. The van der Waals surface area contributed by atoms with E-state index in [1.807, 2.05) is 13.8 Å². The van der Waals surface area contributed by atoms with Crippen molar-refractivity contribution in [3.05, 3.63) is 0 Å². The second-order valence-electron chi connectivity index (χ2n) is 2.59. The monoisotopic (exact) mass is 156 g/mol. The predicted molar refractivity (Wildman–Crippen MR) is 42.2 cm³/mol. The molecule has 0 saturated carbocycles. The molecule has 1 aliphatic rings. The average Bonchev–Trinajstić information content (AvgIpc) is 1.85. The zero-order valence-corrected chi connectivity index (χ0v) is 6.64. The van der Waals surface area contributed by atoms with Gasteiger partial charge in [-0.05, 0) is 13.8 Å². The van der Waals surface area contributed by atoms with Crippen LogP contribution in [0.3, 0.4) is 0 Å². The Balaban J connectivity index is 2.45. The molecule has 1 aliphatic heterocycles. The van der Waals surface area contributed by atoms with Gasteiger partial charge in [-0.2, -0.15) is 0 Å². The van der Waals surface area contributed by atoms with Crippen molar-refractivity contribution in [3.8, 4) is 0 Å². The van der Waals surface area contributed by atoms with Gasteiger partial charge in [0.05, 0.1) is 0 Å². The molecule has 1 rings (SSSR count). The van der Waals surface area contributed by atoms with E-state index in [0.29, 0.717) is 12.6 Å². The van der Waals surface area contributed by atoms with Gasteiger partial charge in [-0.3, -0.25) is 5.32 Å². The van der Waals surface area contributed by atoms with Crippen molar-refractivity contribution < 1.29 is 4.79 Å². The number of carbonyl (C=O) groups is 1. The number of amides is 2. The lowest BCUT2D eigenvalue weighted by atomic mass is 10.4. The summed E-state index contributed by atoms with van der Waals surface area (Å²) in [6.07, 6.45) is 0. The third kappa shape index (κ3) is 2.45. The van der Waals surface area contributed by atoms with Crippen LogP contribution in [0.2, 0.25) is 0 Å². The number of aliphatic imine (C=N–C) groups is 1. The molecule has 5 nitrogen and oxygen atoms in total. The van der Waals surface area contributed by atoms with Crippen molar-refractivity contribution in [3.63, 3.8) is 0 Å². The molecule has 11 heavy (non-hydrogen) atoms. The first kappa shape index (κ1) is 7.84. The fraction of sp³-hybridized carbons (Fsp3) is 0.667. The minimum atomic E-state index is -0.205. The van der Waals surface area contributed by atoms with Crippen molar-refractivity contribution in [2.75, 3.05) is 6.67 Å². The molecule has 0 fully saturated rings. The van der Waals surface area contributed by atoms with Crippen LogP contribution in [0.15, 0.2) is 4.99 Å². The molecule has 0 bridgehead atoms. The summed E-state index contributed by atoms with van der Waals surface area (Å²) in [4.78, 5) is 14.7. The molecule has 0 radical (unpaired) electrons. The zero-order chi connectivity index (χ0) is 8.27. The van der Waals surface area contributed by atoms with Crippen molar-refractivity contribution in [2.45, 2.75) is 19.9 Å². The number of nitrogens with one attached hydrogen (secondary N) is 3. The van der Waals surface area contributed by atoms with E-state index in [-0.39, 0.29) is 12.1 Å². The normalized spacial score (nSPS) is 17.0. The van der Waals surface area contributed by atoms with Crippen molar-refractivity contribution in [2.24, 2.45) is 4.99 Å². The van der Waals surface area contributed by atoms with Gasteiger partial charge in [0, 0.05) is 6.04 Å². The predicted octanol–water partition coefficient (Wildman–Crippen LogP) is -0.389. The highest BCUT2D eigenvalue weighted by Gasteiger charge is 2.09. The van der Waals surface area contributed by atoms with E-state index in [0.717, 1.165) is 0 Å². The van der Waals surface area contributed by atoms with Gasteiger partial charge in [0.15, 0.2) is 0 Å². The first-order valence-electron chi connectivity index (χ1n) is 3.54. The van der Waals surface area contributed by atoms with Gasteiger partial charge < -0.3 is 10.6 Å². The molecular formula is C6H12N4O. The summed E-state index contributed by atoms with van der Waals surface area (Å²) in [5, 5.41) is 8.03. The topological polar surface area (TPSA) is 65.5 Å². The Hall–Kier alpha value is -1.26. The Morgan fingerprint density at radius 3 is 2.91 bits per heavy atom. The van der Waals surface area contributed by atoms with E-state index in [1.165, 1.54) is 0 Å². The smallest absolute Gasteiger partial charge is 0.323 e. The van der Waals surface area contributed by atoms with Crippen molar-refractivity contribution in [1.29, 1.82) is 0 Å². The second kappa shape index (κ2) is 3.23. The maximum Gasteiger partial charge on any atom is 0.323 e. The maximum absolute atomic E-state index is 10.7. The molecule has 0 atom stereocenters. The Morgan fingerprint density at radius 1 is 1.64 bits per heavy atom. The van der Waals surface area contributed by atoms with E-state index in [4.69, 9.17) is 0 Å². The zero-order valence-electron chi connectivity index (χ0n) is 6.64. The molecule has 0 aromatic heterocycles. The minimum absolute atomic E-state index is 0.205. The van der Waals surface area contributed by atoms with Crippen LogP contribution in [0, 0.1) is 0 Å². The number of nitrogens with zero attached hydrogens (tertiary/aromatic N) is 1. The summed E-state index contributed by atoms with van der Waals surface area (Å²) in [6, 6.07) is 0.0790. The first-order valence-corrected chi connectivity index (χ1v) is 3.54. The van der Waals surface area contributed by atoms with E-state index in [9.17, 15) is 4.79 Å². The van der Waals surface area contributed by atoms with Crippen LogP contribution in [-0.4, -0.2) is 24.7 Å². The Morgan fingerprint density at radius 2 is 2.36 bits per heavy atom. The molecule has 5 heteroatoms. The minimum Gasteiger partial charge on any atom is -0.354 e. The molecule has 0 aliphatic carbocycles. The molecule has 62 valence electrons. The Kier molecular flexibility index (Phi) is 2.30. The van der Waals surface area contributed by atoms with Gasteiger partial charge in [0.25, 0.3) is 0 Å². The summed E-state index contributed by atoms with van der Waals surface area (Å²) < 4.78 is 0. The molecule has 0 aromatic carbocycles. The van der Waals surface area contributed by atoms with E-state index < -0.39 is 0 Å². The molecule has 3 N–H and O–H groups in total. The first-order chi connectivity index (χ1) is 5.18. The van der Waals surface area contributed by atoms with Gasteiger partial charge >= 0.3 is 6.03 Å². The highest BCUT2D eigenvalue weighted by atomic mass is 16.2. The lowest BCUT2D eigenvalue weighted by Gasteiger charge is -2.17. The number of rotatable bonds is 1. The fourth-order valence-electron chi connectivity index (χ4n) is 0.737. The summed E-state index contributed by atoms with van der Waals surface area (Å²) in [5.74, 6) is 0.545. The summed E-state index contributed by atoms with van der Waals surface area (Å²) in [7, 11) is 0. The Bertz CT molecular complexity index is 187. The van der Waals surface area contributed by atoms with Crippen LogP contribution >= 0.6 is 0 Å². The number of urea groups is 1. The molecule has 2 amide bonds. The van der Waals surface area contributed by atoms with Gasteiger partial charge in [-0.15, -0.1) is 0 Å². The third-order valence-corrected chi connectivity index (χ3v) is 1.13. The molecule has 0 saturated heterocycles. The highest BCUT2D eigenvalue weighted by Crippen LogP contribution is 1.82. The van der Waals surface area contributed by atoms with Gasteiger partial charge in [-0.1, -0.05) is 0 Å². The SMILES string of the molecule is CC(C)NC1=NCNC(=O)N1. The number of carbonyl (C=O) groups excluding carboxylic acids is 1. The van der Waals surface area contributed by atoms with E-state index in [2.05, 4.69) is 20.9 Å². The van der Waals surface area contributed by atoms with Crippen LogP contribution in [0.4, 0.5) is 4.79 Å². The van der Waals surface area contributed by atoms with E-state index in [1.54, 1.807) is 0 Å². The van der Waals surface area contributed by atoms with Crippen LogP contribution in [-0.2, 0) is 0 Å². The van der Waals surface area contributed by atoms with Gasteiger partial charge in [0.2, 0.25) is 5.96 Å². The molecule has 1 heterocycles. The molecule has 0 aromatic rings. The molecule has 0 unspecified atom stereocenters. The standard InChI is InChI=1S/C6H12N4O/c1-4(2)9-5-7-3-8-6(11)10-5/h4H,3H2,1-2H3,(H3,7,8,9,10,11). The van der Waals surface area contributed by atoms with E-state index >= 15 is 0 Å². The Labute approximate surface area is 65.3 Å². The molecule has 0 spiro atoms. The molecular weight excluding hydrogens is 144 g/mol. The fourth-order valence-corrected chi connectivity index (χ4v) is 0.737. The number of hydrogen-bond donors (Lipinski definition) is 3. The van der Waals surface area contributed by atoms with Gasteiger partial charge in [-0.25, -0.2) is 9.79 Å². The number of hydrogen-bond acceptors (Lipinski definition) is 3. The third-order valence-electron chi connectivity index (χ3n) is 1.13. The quantitative estimate of drug-likeness (QED) is 0.484. The maximum atomic E-state index is 10.7. The van der Waals surface area contributed by atoms with Crippen molar-refractivity contribution >= 4 is 12.0 Å². The average molecular weight is 156 g/mol. The van der Waals surface area contributed by atoms with Crippen LogP contribution in [0.1, 0.15) is 13.8 Å². The van der Waals surface area contributed by atoms with Gasteiger partial charge in [0.1, 0.15) is 6.67 Å². The second-order valence-corrected chi connectivity index (χ2v) is 2.59. The lowest BCUT2D eigenvalue weighted by Crippen LogP contribution is -2.51. The van der Waals surface area contributed by atoms with Crippen LogP contribution < -0.4 is 16.0 Å². The summed E-state index contributed by atoms with van der Waals surface area (Å²) in [5.41, 5.74) is 0. The summed E-state index contributed by atoms with van der Waals surface area (Å²) in [6.45, 7) is 4.31. The van der Waals surface area contributed by atoms with Crippen molar-refractivity contribution in [1.82, 2.24) is 16.0 Å². The largest absolute Gasteiger partial charge is 0.354 e. The highest BCUT2D eigenvalue weighted by molar-refractivity contribution is 5.97. The van der Waals surface area contributed by atoms with Crippen LogP contribution in [0.5, 0.6) is 0 Å². The van der Waals surface area contributed by atoms with Crippen LogP contribution in [0.25, 0.3) is 0 Å². The summed E-state index contributed by atoms with van der Waals surface area (Å²) >= 11 is 0.